The van der Waals surface area contributed by atoms with Gasteiger partial charge in [-0.3, -0.25) is 4.79 Å². The molecule has 29 heavy (non-hydrogen) atoms. The van der Waals surface area contributed by atoms with Gasteiger partial charge in [0.1, 0.15) is 12.4 Å². The van der Waals surface area contributed by atoms with Crippen LogP contribution in [0.4, 0.5) is 4.79 Å². The van der Waals surface area contributed by atoms with Gasteiger partial charge < -0.3 is 20.7 Å². The third kappa shape index (κ3) is 5.22. The number of nitrogens with one attached hydrogen (secondary N) is 3. The quantitative estimate of drug-likeness (QED) is 0.588. The van der Waals surface area contributed by atoms with Crippen molar-refractivity contribution in [2.75, 3.05) is 19.7 Å². The molecule has 0 unspecified atom stereocenters. The summed E-state index contributed by atoms with van der Waals surface area (Å²) in [5, 5.41) is 8.97. The third-order valence-electron chi connectivity index (χ3n) is 6.77. The monoisotopic (exact) mass is 399 g/mol. The first-order valence-corrected chi connectivity index (χ1v) is 11.0. The van der Waals surface area contributed by atoms with E-state index in [4.69, 9.17) is 4.74 Å². The molecular weight excluding hydrogens is 366 g/mol. The van der Waals surface area contributed by atoms with Gasteiger partial charge in [0.15, 0.2) is 0 Å². The number of amides is 3. The largest absolute Gasteiger partial charge is 0.492 e. The molecule has 4 aliphatic rings. The predicted molar refractivity (Wildman–Crippen MR) is 112 cm³/mol. The van der Waals surface area contributed by atoms with Crippen molar-refractivity contribution < 1.29 is 14.3 Å². The molecule has 0 spiro atoms. The van der Waals surface area contributed by atoms with E-state index in [0.717, 1.165) is 42.8 Å². The molecule has 158 valence electrons. The Kier molecular flexibility index (Phi) is 5.97. The number of carbonyl (C=O) groups is 2. The van der Waals surface area contributed by atoms with Gasteiger partial charge in [0, 0.05) is 18.5 Å². The highest BCUT2D eigenvalue weighted by Gasteiger charge is 2.51. The molecule has 1 aromatic rings. The minimum absolute atomic E-state index is 0.00834. The van der Waals surface area contributed by atoms with Crippen LogP contribution >= 0.6 is 0 Å². The van der Waals surface area contributed by atoms with Crippen LogP contribution in [-0.4, -0.2) is 37.2 Å². The number of hydrogen-bond donors (Lipinski definition) is 3. The van der Waals surface area contributed by atoms with Crippen LogP contribution < -0.4 is 20.7 Å². The highest BCUT2D eigenvalue weighted by Crippen LogP contribution is 2.55. The van der Waals surface area contributed by atoms with Crippen LogP contribution in [0.2, 0.25) is 0 Å². The molecule has 4 fully saturated rings. The molecule has 4 aliphatic carbocycles. The van der Waals surface area contributed by atoms with E-state index < -0.39 is 0 Å². The van der Waals surface area contributed by atoms with E-state index in [9.17, 15) is 9.59 Å². The van der Waals surface area contributed by atoms with Crippen molar-refractivity contribution in [3.8, 4) is 5.75 Å². The fourth-order valence-corrected chi connectivity index (χ4v) is 5.92. The SMILES string of the molecule is Cc1ccc(OCCNC(=O)CCNC(=O)NC23CC4CC(CC(C4)C2)C3)cc1. The van der Waals surface area contributed by atoms with Crippen molar-refractivity contribution in [3.63, 3.8) is 0 Å². The van der Waals surface area contributed by atoms with Crippen molar-refractivity contribution in [1.82, 2.24) is 16.0 Å². The number of carbonyl (C=O) groups excluding carboxylic acids is 2. The molecule has 4 bridgehead atoms. The molecule has 0 aliphatic heterocycles. The highest BCUT2D eigenvalue weighted by molar-refractivity contribution is 5.78. The maximum atomic E-state index is 12.4. The molecular formula is C23H33N3O3. The lowest BCUT2D eigenvalue weighted by Crippen LogP contribution is -2.61. The zero-order valence-corrected chi connectivity index (χ0v) is 17.3. The summed E-state index contributed by atoms with van der Waals surface area (Å²) in [6.45, 7) is 3.26. The zero-order chi connectivity index (χ0) is 20.3. The lowest BCUT2D eigenvalue weighted by Gasteiger charge is -2.56. The lowest BCUT2D eigenvalue weighted by atomic mass is 9.53. The number of hydrogen-bond acceptors (Lipinski definition) is 3. The first-order valence-electron chi connectivity index (χ1n) is 11.0. The molecule has 4 saturated carbocycles. The van der Waals surface area contributed by atoms with Crippen LogP contribution in [0.5, 0.6) is 5.75 Å². The summed E-state index contributed by atoms with van der Waals surface area (Å²) in [7, 11) is 0. The number of urea groups is 1. The van der Waals surface area contributed by atoms with Gasteiger partial charge >= 0.3 is 6.03 Å². The van der Waals surface area contributed by atoms with Crippen LogP contribution in [0, 0.1) is 24.7 Å². The molecule has 6 nitrogen and oxygen atoms in total. The zero-order valence-electron chi connectivity index (χ0n) is 17.3. The molecule has 0 saturated heterocycles. The van der Waals surface area contributed by atoms with Gasteiger partial charge in [-0.2, -0.15) is 0 Å². The van der Waals surface area contributed by atoms with Crippen LogP contribution in [0.1, 0.15) is 50.5 Å². The van der Waals surface area contributed by atoms with Gasteiger partial charge in [-0.15, -0.1) is 0 Å². The fraction of sp³-hybridized carbons (Fsp3) is 0.652. The van der Waals surface area contributed by atoms with E-state index in [2.05, 4.69) is 16.0 Å². The first-order chi connectivity index (χ1) is 14.0. The molecule has 0 radical (unpaired) electrons. The van der Waals surface area contributed by atoms with Crippen LogP contribution in [0.25, 0.3) is 0 Å². The Morgan fingerprint density at radius 3 is 2.21 bits per heavy atom. The van der Waals surface area contributed by atoms with E-state index in [1.54, 1.807) is 0 Å². The highest BCUT2D eigenvalue weighted by atomic mass is 16.5. The minimum Gasteiger partial charge on any atom is -0.492 e. The van der Waals surface area contributed by atoms with Crippen LogP contribution in [0.3, 0.4) is 0 Å². The van der Waals surface area contributed by atoms with Gasteiger partial charge in [0.2, 0.25) is 5.91 Å². The van der Waals surface area contributed by atoms with Crippen molar-refractivity contribution in [2.45, 2.75) is 57.4 Å². The Morgan fingerprint density at radius 1 is 0.966 bits per heavy atom. The molecule has 0 atom stereocenters. The Morgan fingerprint density at radius 2 is 1.59 bits per heavy atom. The van der Waals surface area contributed by atoms with Crippen molar-refractivity contribution in [1.29, 1.82) is 0 Å². The normalized spacial score (nSPS) is 29.3. The second kappa shape index (κ2) is 8.64. The summed E-state index contributed by atoms with van der Waals surface area (Å²) < 4.78 is 5.59. The third-order valence-corrected chi connectivity index (χ3v) is 6.77. The molecule has 3 N–H and O–H groups in total. The summed E-state index contributed by atoms with van der Waals surface area (Å²) in [4.78, 5) is 24.3. The second-order valence-corrected chi connectivity index (χ2v) is 9.34. The maximum absolute atomic E-state index is 12.4. The van der Waals surface area contributed by atoms with E-state index in [-0.39, 0.29) is 23.9 Å². The molecule has 0 heterocycles. The molecule has 1 aromatic carbocycles. The van der Waals surface area contributed by atoms with Crippen molar-refractivity contribution in [2.24, 2.45) is 17.8 Å². The van der Waals surface area contributed by atoms with Crippen LogP contribution in [0.15, 0.2) is 24.3 Å². The Labute approximate surface area is 173 Å². The molecule has 5 rings (SSSR count). The summed E-state index contributed by atoms with van der Waals surface area (Å²) in [5.74, 6) is 3.12. The fourth-order valence-electron chi connectivity index (χ4n) is 5.92. The van der Waals surface area contributed by atoms with E-state index >= 15 is 0 Å². The summed E-state index contributed by atoms with van der Waals surface area (Å²) in [6.07, 6.45) is 7.75. The maximum Gasteiger partial charge on any atom is 0.315 e. The van der Waals surface area contributed by atoms with Gasteiger partial charge in [-0.1, -0.05) is 17.7 Å². The van der Waals surface area contributed by atoms with E-state index in [1.807, 2.05) is 31.2 Å². The molecule has 6 heteroatoms. The Bertz CT molecular complexity index is 696. The number of rotatable bonds is 8. The molecule has 3 amide bonds. The average Bonchev–Trinajstić information content (AvgIpc) is 2.65. The number of benzene rings is 1. The average molecular weight is 400 g/mol. The number of ether oxygens (including phenoxy) is 1. The van der Waals surface area contributed by atoms with Crippen molar-refractivity contribution >= 4 is 11.9 Å². The van der Waals surface area contributed by atoms with Crippen LogP contribution in [-0.2, 0) is 4.79 Å². The van der Waals surface area contributed by atoms with Gasteiger partial charge in [0.05, 0.1) is 6.54 Å². The minimum atomic E-state index is -0.123. The smallest absolute Gasteiger partial charge is 0.315 e. The Balaban J connectivity index is 1.09. The second-order valence-electron chi connectivity index (χ2n) is 9.34. The topological polar surface area (TPSA) is 79.5 Å². The standard InChI is InChI=1S/C23H33N3O3/c1-16-2-4-20(5-3-16)29-9-8-24-21(27)6-7-25-22(28)26-23-13-17-10-18(14-23)12-19(11-17)15-23/h2-5,17-19H,6-15H2,1H3,(H,24,27)(H2,25,26,28). The Hall–Kier alpha value is -2.24. The summed E-state index contributed by atoms with van der Waals surface area (Å²) >= 11 is 0. The van der Waals surface area contributed by atoms with Crippen molar-refractivity contribution in [3.05, 3.63) is 29.8 Å². The van der Waals surface area contributed by atoms with Gasteiger partial charge in [0.25, 0.3) is 0 Å². The van der Waals surface area contributed by atoms with Gasteiger partial charge in [-0.05, 0) is 75.3 Å². The first kappa shape index (κ1) is 20.0. The van der Waals surface area contributed by atoms with E-state index in [0.29, 0.717) is 19.7 Å². The molecule has 0 aromatic heterocycles. The summed E-state index contributed by atoms with van der Waals surface area (Å²) in [6, 6.07) is 7.71. The number of aryl methyl sites for hydroxylation is 1. The predicted octanol–water partition coefficient (Wildman–Crippen LogP) is 3.15. The lowest BCUT2D eigenvalue weighted by molar-refractivity contribution is -0.121. The van der Waals surface area contributed by atoms with E-state index in [1.165, 1.54) is 24.8 Å². The summed E-state index contributed by atoms with van der Waals surface area (Å²) in [5.41, 5.74) is 1.19. The van der Waals surface area contributed by atoms with Gasteiger partial charge in [-0.25, -0.2) is 4.79 Å².